The Labute approximate surface area is 313 Å². The predicted molar refractivity (Wildman–Crippen MR) is 225 cm³/mol. The van der Waals surface area contributed by atoms with Gasteiger partial charge in [0.05, 0.1) is 16.9 Å². The minimum atomic E-state index is 0.681. The lowest BCUT2D eigenvalue weighted by molar-refractivity contribution is 1.23. The van der Waals surface area contributed by atoms with E-state index in [2.05, 4.69) is 175 Å². The van der Waals surface area contributed by atoms with Crippen molar-refractivity contribution >= 4 is 32.4 Å². The Morgan fingerprint density at radius 3 is 1.65 bits per heavy atom. The molecule has 0 fully saturated rings. The van der Waals surface area contributed by atoms with E-state index >= 15 is 0 Å². The standard InChI is InChI=1S/C51H33N3/c1-3-14-34(15-4-1)37-25-26-46-48(33-37)53-51(54-50(46)35-16-5-2-6-17-35)43-31-41(36-20-13-21-40(28-36)47-24-11-12-27-52-47)30-42(32-43)49-44-22-9-7-18-38(44)29-39-19-8-10-23-45(39)49/h1-33H. The number of aromatic nitrogens is 3. The van der Waals surface area contributed by atoms with Gasteiger partial charge in [0.1, 0.15) is 0 Å². The molecule has 2 heterocycles. The second kappa shape index (κ2) is 13.4. The normalized spacial score (nSPS) is 11.3. The summed E-state index contributed by atoms with van der Waals surface area (Å²) in [6.45, 7) is 0. The summed E-state index contributed by atoms with van der Waals surface area (Å²) in [4.78, 5) is 15.4. The van der Waals surface area contributed by atoms with E-state index < -0.39 is 0 Å². The maximum Gasteiger partial charge on any atom is 0.160 e. The second-order valence-corrected chi connectivity index (χ2v) is 13.6. The third kappa shape index (κ3) is 5.78. The van der Waals surface area contributed by atoms with E-state index in [0.29, 0.717) is 5.82 Å². The molecule has 0 saturated carbocycles. The van der Waals surface area contributed by atoms with Crippen molar-refractivity contribution in [2.45, 2.75) is 0 Å². The maximum absolute atomic E-state index is 5.38. The lowest BCUT2D eigenvalue weighted by atomic mass is 9.89. The van der Waals surface area contributed by atoms with Crippen LogP contribution in [0.2, 0.25) is 0 Å². The van der Waals surface area contributed by atoms with Crippen LogP contribution in [0.1, 0.15) is 0 Å². The molecular formula is C51H33N3. The molecule has 0 aliphatic carbocycles. The van der Waals surface area contributed by atoms with Crippen molar-refractivity contribution in [2.24, 2.45) is 0 Å². The number of rotatable bonds is 6. The number of fused-ring (bicyclic) bond motifs is 3. The van der Waals surface area contributed by atoms with E-state index in [4.69, 9.17) is 9.97 Å². The molecule has 0 saturated heterocycles. The quantitative estimate of drug-likeness (QED) is 0.163. The zero-order valence-corrected chi connectivity index (χ0v) is 29.4. The summed E-state index contributed by atoms with van der Waals surface area (Å²) >= 11 is 0. The number of pyridine rings is 1. The third-order valence-electron chi connectivity index (χ3n) is 10.3. The molecule has 3 heteroatoms. The highest BCUT2D eigenvalue weighted by Gasteiger charge is 2.17. The minimum absolute atomic E-state index is 0.681. The molecule has 54 heavy (non-hydrogen) atoms. The Kier molecular flexibility index (Phi) is 7.81. The van der Waals surface area contributed by atoms with Gasteiger partial charge in [0.15, 0.2) is 5.82 Å². The van der Waals surface area contributed by atoms with Crippen molar-refractivity contribution in [3.63, 3.8) is 0 Å². The summed E-state index contributed by atoms with van der Waals surface area (Å²) < 4.78 is 0. The van der Waals surface area contributed by atoms with Crippen LogP contribution in [0.25, 0.3) is 99.7 Å². The first-order chi connectivity index (χ1) is 26.7. The smallest absolute Gasteiger partial charge is 0.160 e. The molecule has 10 aromatic rings. The highest BCUT2D eigenvalue weighted by Crippen LogP contribution is 2.41. The second-order valence-electron chi connectivity index (χ2n) is 13.6. The molecule has 0 amide bonds. The Bertz CT molecular complexity index is 2920. The molecule has 0 N–H and O–H groups in total. The zero-order chi connectivity index (χ0) is 35.8. The minimum Gasteiger partial charge on any atom is -0.256 e. The van der Waals surface area contributed by atoms with Crippen LogP contribution in [0.3, 0.4) is 0 Å². The maximum atomic E-state index is 5.38. The number of hydrogen-bond donors (Lipinski definition) is 0. The van der Waals surface area contributed by atoms with Crippen LogP contribution < -0.4 is 0 Å². The highest BCUT2D eigenvalue weighted by atomic mass is 14.9. The van der Waals surface area contributed by atoms with Crippen LogP contribution in [0, 0.1) is 0 Å². The molecule has 0 aliphatic heterocycles. The summed E-state index contributed by atoms with van der Waals surface area (Å²) in [5.74, 6) is 0.681. The third-order valence-corrected chi connectivity index (χ3v) is 10.3. The van der Waals surface area contributed by atoms with E-state index in [1.54, 1.807) is 0 Å². The number of benzene rings is 8. The Hall–Kier alpha value is -7.23. The molecule has 2 aromatic heterocycles. The van der Waals surface area contributed by atoms with Crippen LogP contribution in [-0.2, 0) is 0 Å². The average Bonchev–Trinajstić information content (AvgIpc) is 3.25. The van der Waals surface area contributed by atoms with Crippen molar-refractivity contribution in [3.05, 3.63) is 200 Å². The van der Waals surface area contributed by atoms with Crippen molar-refractivity contribution in [1.29, 1.82) is 0 Å². The lowest BCUT2D eigenvalue weighted by Gasteiger charge is -2.16. The average molecular weight is 688 g/mol. The van der Waals surface area contributed by atoms with Gasteiger partial charge in [-0.2, -0.15) is 0 Å². The summed E-state index contributed by atoms with van der Waals surface area (Å²) in [7, 11) is 0. The topological polar surface area (TPSA) is 38.7 Å². The first-order valence-corrected chi connectivity index (χ1v) is 18.3. The highest BCUT2D eigenvalue weighted by molar-refractivity contribution is 6.13. The Morgan fingerprint density at radius 1 is 0.315 bits per heavy atom. The fraction of sp³-hybridized carbons (Fsp3) is 0. The Balaban J connectivity index is 1.26. The van der Waals surface area contributed by atoms with Gasteiger partial charge in [-0.15, -0.1) is 0 Å². The van der Waals surface area contributed by atoms with Crippen molar-refractivity contribution in [3.8, 4) is 67.3 Å². The van der Waals surface area contributed by atoms with Crippen molar-refractivity contribution in [2.75, 3.05) is 0 Å². The van der Waals surface area contributed by atoms with Gasteiger partial charge in [0.25, 0.3) is 0 Å². The van der Waals surface area contributed by atoms with Gasteiger partial charge in [-0.05, 0) is 110 Å². The molecule has 0 bridgehead atoms. The summed E-state index contributed by atoms with van der Waals surface area (Å²) in [6.07, 6.45) is 1.84. The first-order valence-electron chi connectivity index (χ1n) is 18.3. The van der Waals surface area contributed by atoms with Gasteiger partial charge in [-0.3, -0.25) is 4.98 Å². The van der Waals surface area contributed by atoms with Crippen LogP contribution >= 0.6 is 0 Å². The zero-order valence-electron chi connectivity index (χ0n) is 29.4. The molecule has 0 radical (unpaired) electrons. The largest absolute Gasteiger partial charge is 0.256 e. The Morgan fingerprint density at radius 2 is 0.907 bits per heavy atom. The molecule has 3 nitrogen and oxygen atoms in total. The lowest BCUT2D eigenvalue weighted by Crippen LogP contribution is -1.97. The van der Waals surface area contributed by atoms with Crippen LogP contribution in [0.15, 0.2) is 200 Å². The van der Waals surface area contributed by atoms with E-state index in [9.17, 15) is 0 Å². The SMILES string of the molecule is c1ccc(-c2ccc3c(-c4ccccc4)nc(-c4cc(-c5cccc(-c6ccccn6)c5)cc(-c5c6ccccc6cc6ccccc56)c4)nc3c2)cc1. The monoisotopic (exact) mass is 687 g/mol. The van der Waals surface area contributed by atoms with Gasteiger partial charge < -0.3 is 0 Å². The molecule has 8 aromatic carbocycles. The van der Waals surface area contributed by atoms with Gasteiger partial charge in [0, 0.05) is 28.3 Å². The fourth-order valence-electron chi connectivity index (χ4n) is 7.67. The van der Waals surface area contributed by atoms with E-state index in [1.165, 1.54) is 27.1 Å². The summed E-state index contributed by atoms with van der Waals surface area (Å²) in [6, 6.07) is 68.6. The van der Waals surface area contributed by atoms with Crippen LogP contribution in [0.4, 0.5) is 0 Å². The van der Waals surface area contributed by atoms with E-state index in [0.717, 1.165) is 66.8 Å². The van der Waals surface area contributed by atoms with Crippen LogP contribution in [-0.4, -0.2) is 15.0 Å². The van der Waals surface area contributed by atoms with Crippen molar-refractivity contribution < 1.29 is 0 Å². The van der Waals surface area contributed by atoms with Crippen molar-refractivity contribution in [1.82, 2.24) is 15.0 Å². The van der Waals surface area contributed by atoms with E-state index in [-0.39, 0.29) is 0 Å². The number of hydrogen-bond acceptors (Lipinski definition) is 3. The summed E-state index contributed by atoms with van der Waals surface area (Å²) in [5, 5.41) is 5.84. The molecule has 0 aliphatic rings. The fourth-order valence-corrected chi connectivity index (χ4v) is 7.67. The molecule has 252 valence electrons. The van der Waals surface area contributed by atoms with Gasteiger partial charge in [0.2, 0.25) is 0 Å². The number of nitrogens with zero attached hydrogens (tertiary/aromatic N) is 3. The van der Waals surface area contributed by atoms with Gasteiger partial charge >= 0.3 is 0 Å². The molecule has 0 unspecified atom stereocenters. The molecule has 0 spiro atoms. The van der Waals surface area contributed by atoms with E-state index in [1.807, 2.05) is 30.5 Å². The predicted octanol–water partition coefficient (Wildman–Crippen LogP) is 13.3. The van der Waals surface area contributed by atoms with Gasteiger partial charge in [-0.25, -0.2) is 9.97 Å². The van der Waals surface area contributed by atoms with Gasteiger partial charge in [-0.1, -0.05) is 140 Å². The van der Waals surface area contributed by atoms with Crippen LogP contribution in [0.5, 0.6) is 0 Å². The molecule has 0 atom stereocenters. The first kappa shape index (κ1) is 31.5. The molecule has 10 rings (SSSR count). The summed E-state index contributed by atoms with van der Waals surface area (Å²) in [5.41, 5.74) is 12.6. The molecular weight excluding hydrogens is 655 g/mol.